The number of benzene rings is 2. The van der Waals surface area contributed by atoms with Crippen LogP contribution in [-0.4, -0.2) is 43.0 Å². The average Bonchev–Trinajstić information content (AvgIpc) is 2.92. The van der Waals surface area contributed by atoms with Crippen molar-refractivity contribution in [1.82, 2.24) is 4.90 Å². The molecule has 0 aromatic heterocycles. The molecule has 2 amide bonds. The summed E-state index contributed by atoms with van der Waals surface area (Å²) < 4.78 is 11.4. The van der Waals surface area contributed by atoms with Crippen LogP contribution in [0.15, 0.2) is 42.5 Å². The Morgan fingerprint density at radius 3 is 2.53 bits per heavy atom. The zero-order valence-electron chi connectivity index (χ0n) is 21.8. The Kier molecular flexibility index (Phi) is 9.26. The number of amides is 2. The molecule has 0 unspecified atom stereocenters. The van der Waals surface area contributed by atoms with Crippen molar-refractivity contribution in [3.63, 3.8) is 0 Å². The third-order valence-corrected chi connectivity index (χ3v) is 7.58. The first kappa shape index (κ1) is 26.1. The number of carbonyl (C=O) groups is 2. The highest BCUT2D eigenvalue weighted by molar-refractivity contribution is 6.05. The van der Waals surface area contributed by atoms with Crippen molar-refractivity contribution < 1.29 is 19.1 Å². The fourth-order valence-corrected chi connectivity index (χ4v) is 5.60. The van der Waals surface area contributed by atoms with Gasteiger partial charge in [0.05, 0.1) is 19.3 Å². The molecule has 36 heavy (non-hydrogen) atoms. The summed E-state index contributed by atoms with van der Waals surface area (Å²) in [4.78, 5) is 28.4. The van der Waals surface area contributed by atoms with Crippen molar-refractivity contribution in [2.75, 3.05) is 25.6 Å². The number of ether oxygens (including phenoxy) is 2. The van der Waals surface area contributed by atoms with Gasteiger partial charge >= 0.3 is 0 Å². The lowest BCUT2D eigenvalue weighted by Gasteiger charge is -2.44. The van der Waals surface area contributed by atoms with Gasteiger partial charge in [0.2, 0.25) is 0 Å². The predicted octanol–water partition coefficient (Wildman–Crippen LogP) is 6.70. The molecule has 2 aliphatic rings. The number of rotatable bonds is 10. The molecule has 6 nitrogen and oxygen atoms in total. The zero-order valence-corrected chi connectivity index (χ0v) is 21.8. The molecule has 2 fully saturated rings. The number of carbonyl (C=O) groups excluding carboxylic acids is 2. The van der Waals surface area contributed by atoms with E-state index in [2.05, 4.69) is 17.1 Å². The number of nitrogens with zero attached hydrogens (tertiary/aromatic N) is 1. The van der Waals surface area contributed by atoms with E-state index < -0.39 is 0 Å². The standard InChI is InChI=1S/C30H40N2O4/c1-3-4-5-8-20-36-25-16-13-23(14-17-25)29(33)31-24-15-18-26(28(21-24)35-2)30(34)32-19-9-11-22-10-6-7-12-27(22)32/h13-18,21-22,27H,3-12,19-20H2,1-2H3,(H,31,33)/t22-,27+/m0/s1. The topological polar surface area (TPSA) is 67.9 Å². The molecular weight excluding hydrogens is 452 g/mol. The number of hydrogen-bond acceptors (Lipinski definition) is 4. The van der Waals surface area contributed by atoms with Crippen LogP contribution in [0.2, 0.25) is 0 Å². The van der Waals surface area contributed by atoms with Gasteiger partial charge in [-0.2, -0.15) is 0 Å². The number of unbranched alkanes of at least 4 members (excludes halogenated alkanes) is 3. The van der Waals surface area contributed by atoms with Gasteiger partial charge in [-0.1, -0.05) is 39.0 Å². The Bertz CT molecular complexity index is 1020. The fraction of sp³-hybridized carbons (Fsp3) is 0.533. The molecule has 1 aliphatic carbocycles. The summed E-state index contributed by atoms with van der Waals surface area (Å²) in [6.45, 7) is 3.69. The van der Waals surface area contributed by atoms with E-state index in [1.54, 1.807) is 37.4 Å². The van der Waals surface area contributed by atoms with E-state index in [1.165, 1.54) is 44.9 Å². The Labute approximate surface area is 215 Å². The van der Waals surface area contributed by atoms with Crippen LogP contribution in [0.3, 0.4) is 0 Å². The Balaban J connectivity index is 1.38. The molecule has 2 atom stereocenters. The molecular formula is C30H40N2O4. The summed E-state index contributed by atoms with van der Waals surface area (Å²) >= 11 is 0. The Hall–Kier alpha value is -3.02. The smallest absolute Gasteiger partial charge is 0.257 e. The first-order valence-electron chi connectivity index (χ1n) is 13.6. The quantitative estimate of drug-likeness (QED) is 0.375. The van der Waals surface area contributed by atoms with Crippen molar-refractivity contribution in [3.8, 4) is 11.5 Å². The largest absolute Gasteiger partial charge is 0.496 e. The molecule has 1 aliphatic heterocycles. The van der Waals surface area contributed by atoms with Gasteiger partial charge in [0, 0.05) is 29.9 Å². The summed E-state index contributed by atoms with van der Waals surface area (Å²) in [5.74, 6) is 1.70. The SMILES string of the molecule is CCCCCCOc1ccc(C(=O)Nc2ccc(C(=O)N3CCC[C@@H]4CCCC[C@H]43)c(OC)c2)cc1. The minimum absolute atomic E-state index is 0.0339. The number of hydrogen-bond donors (Lipinski definition) is 1. The summed E-state index contributed by atoms with van der Waals surface area (Å²) in [7, 11) is 1.57. The second-order valence-corrected chi connectivity index (χ2v) is 10.1. The molecule has 1 saturated carbocycles. The lowest BCUT2D eigenvalue weighted by atomic mass is 9.78. The number of anilines is 1. The van der Waals surface area contributed by atoms with Gasteiger partial charge in [-0.15, -0.1) is 0 Å². The number of nitrogens with one attached hydrogen (secondary N) is 1. The van der Waals surface area contributed by atoms with Crippen LogP contribution in [0.25, 0.3) is 0 Å². The molecule has 1 saturated heterocycles. The number of piperidine rings is 1. The van der Waals surface area contributed by atoms with Gasteiger partial charge in [0.1, 0.15) is 11.5 Å². The van der Waals surface area contributed by atoms with E-state index in [0.29, 0.717) is 41.1 Å². The second kappa shape index (κ2) is 12.8. The van der Waals surface area contributed by atoms with E-state index in [0.717, 1.165) is 31.6 Å². The molecule has 4 rings (SSSR count). The van der Waals surface area contributed by atoms with Gasteiger partial charge in [0.25, 0.3) is 11.8 Å². The van der Waals surface area contributed by atoms with Crippen LogP contribution in [0.5, 0.6) is 11.5 Å². The summed E-state index contributed by atoms with van der Waals surface area (Å²) in [6.07, 6.45) is 11.7. The van der Waals surface area contributed by atoms with Gasteiger partial charge in [-0.25, -0.2) is 0 Å². The normalized spacial score (nSPS) is 19.3. The maximum Gasteiger partial charge on any atom is 0.257 e. The van der Waals surface area contributed by atoms with Gasteiger partial charge in [0.15, 0.2) is 0 Å². The summed E-state index contributed by atoms with van der Waals surface area (Å²) in [6, 6.07) is 12.8. The van der Waals surface area contributed by atoms with Gasteiger partial charge < -0.3 is 19.7 Å². The highest BCUT2D eigenvalue weighted by Gasteiger charge is 2.36. The number of fused-ring (bicyclic) bond motifs is 1. The molecule has 0 spiro atoms. The van der Waals surface area contributed by atoms with Crippen LogP contribution >= 0.6 is 0 Å². The summed E-state index contributed by atoms with van der Waals surface area (Å²) in [5, 5.41) is 2.93. The minimum Gasteiger partial charge on any atom is -0.496 e. The van der Waals surface area contributed by atoms with Crippen LogP contribution in [0.1, 0.15) is 91.8 Å². The van der Waals surface area contributed by atoms with Crippen molar-refractivity contribution in [2.24, 2.45) is 5.92 Å². The van der Waals surface area contributed by atoms with Crippen LogP contribution < -0.4 is 14.8 Å². The minimum atomic E-state index is -0.216. The summed E-state index contributed by atoms with van der Waals surface area (Å²) in [5.41, 5.74) is 1.70. The highest BCUT2D eigenvalue weighted by atomic mass is 16.5. The van der Waals surface area contributed by atoms with E-state index in [1.807, 2.05) is 12.1 Å². The third kappa shape index (κ3) is 6.40. The second-order valence-electron chi connectivity index (χ2n) is 10.1. The van der Waals surface area contributed by atoms with E-state index in [9.17, 15) is 9.59 Å². The fourth-order valence-electron chi connectivity index (χ4n) is 5.60. The van der Waals surface area contributed by atoms with E-state index in [4.69, 9.17) is 9.47 Å². The van der Waals surface area contributed by atoms with Crippen LogP contribution in [0, 0.1) is 5.92 Å². The Morgan fingerprint density at radius 2 is 1.75 bits per heavy atom. The lowest BCUT2D eigenvalue weighted by molar-refractivity contribution is 0.0388. The molecule has 194 valence electrons. The van der Waals surface area contributed by atoms with Crippen LogP contribution in [-0.2, 0) is 0 Å². The molecule has 2 aromatic carbocycles. The average molecular weight is 493 g/mol. The maximum atomic E-state index is 13.5. The molecule has 6 heteroatoms. The highest BCUT2D eigenvalue weighted by Crippen LogP contribution is 2.37. The van der Waals surface area contributed by atoms with E-state index in [-0.39, 0.29) is 11.8 Å². The van der Waals surface area contributed by atoms with E-state index >= 15 is 0 Å². The zero-order chi connectivity index (χ0) is 25.3. The molecule has 0 bridgehead atoms. The first-order chi connectivity index (χ1) is 17.6. The number of methoxy groups -OCH3 is 1. The molecule has 0 radical (unpaired) electrons. The van der Waals surface area contributed by atoms with Gasteiger partial charge in [-0.3, -0.25) is 9.59 Å². The molecule has 2 aromatic rings. The van der Waals surface area contributed by atoms with Crippen molar-refractivity contribution in [2.45, 2.75) is 77.2 Å². The Morgan fingerprint density at radius 1 is 0.972 bits per heavy atom. The predicted molar refractivity (Wildman–Crippen MR) is 143 cm³/mol. The molecule has 1 heterocycles. The van der Waals surface area contributed by atoms with Crippen molar-refractivity contribution in [1.29, 1.82) is 0 Å². The van der Waals surface area contributed by atoms with Gasteiger partial charge in [-0.05, 0) is 74.4 Å². The third-order valence-electron chi connectivity index (χ3n) is 7.58. The van der Waals surface area contributed by atoms with Crippen molar-refractivity contribution in [3.05, 3.63) is 53.6 Å². The van der Waals surface area contributed by atoms with Crippen molar-refractivity contribution >= 4 is 17.5 Å². The first-order valence-corrected chi connectivity index (χ1v) is 13.6. The lowest BCUT2D eigenvalue weighted by Crippen LogP contribution is -2.49. The molecule has 1 N–H and O–H groups in total. The maximum absolute atomic E-state index is 13.5. The number of likely N-dealkylation sites (tertiary alicyclic amines) is 1. The van der Waals surface area contributed by atoms with Crippen LogP contribution in [0.4, 0.5) is 5.69 Å². The monoisotopic (exact) mass is 492 g/mol.